The molecule has 1 aliphatic carbocycles. The number of carbonyl (C=O) groups excluding carboxylic acids is 2. The number of primary amides is 1. The van der Waals surface area contributed by atoms with Crippen LogP contribution >= 0.6 is 15.9 Å². The van der Waals surface area contributed by atoms with Crippen LogP contribution in [0.25, 0.3) is 0 Å². The van der Waals surface area contributed by atoms with Crippen LogP contribution in [0.15, 0.2) is 39.6 Å². The number of ether oxygens (including phenoxy) is 1. The summed E-state index contributed by atoms with van der Waals surface area (Å²) in [5.74, 6) is 0.361. The lowest BCUT2D eigenvalue weighted by molar-refractivity contribution is -0.121. The number of benzene rings is 1. The lowest BCUT2D eigenvalue weighted by Gasteiger charge is -2.25. The van der Waals surface area contributed by atoms with Gasteiger partial charge in [-0.1, -0.05) is 6.07 Å². The topological polar surface area (TPSA) is 118 Å². The van der Waals surface area contributed by atoms with Crippen LogP contribution in [0.5, 0.6) is 5.75 Å². The highest BCUT2D eigenvalue weighted by Gasteiger charge is 2.32. The van der Waals surface area contributed by atoms with Gasteiger partial charge in [-0.2, -0.15) is 0 Å². The molecule has 9 heteroatoms. The molecule has 5 N–H and O–H groups in total. The van der Waals surface area contributed by atoms with Gasteiger partial charge in [0.15, 0.2) is 5.75 Å². The third-order valence-electron chi connectivity index (χ3n) is 3.83. The van der Waals surface area contributed by atoms with Gasteiger partial charge in [-0.05, 0) is 40.9 Å². The SMILES string of the molecule is COc1c(Br)cccc1N=C1C=C(NC(=O)C2CC2)NNC1C(N)=O. The Morgan fingerprint density at radius 3 is 2.80 bits per heavy atom. The van der Waals surface area contributed by atoms with Crippen molar-refractivity contribution in [1.29, 1.82) is 0 Å². The molecule has 1 aromatic rings. The summed E-state index contributed by atoms with van der Waals surface area (Å²) in [7, 11) is 1.53. The first-order chi connectivity index (χ1) is 12.0. The number of nitrogens with zero attached hydrogens (tertiary/aromatic N) is 1. The summed E-state index contributed by atoms with van der Waals surface area (Å²) in [6.45, 7) is 0. The van der Waals surface area contributed by atoms with Gasteiger partial charge >= 0.3 is 0 Å². The molecule has 1 fully saturated rings. The number of amides is 2. The van der Waals surface area contributed by atoms with Crippen molar-refractivity contribution >= 4 is 39.1 Å². The number of halogens is 1. The Balaban J connectivity index is 1.94. The fourth-order valence-corrected chi connectivity index (χ4v) is 2.90. The van der Waals surface area contributed by atoms with E-state index in [1.54, 1.807) is 18.2 Å². The second kappa shape index (κ2) is 7.24. The zero-order valence-electron chi connectivity index (χ0n) is 13.5. The van der Waals surface area contributed by atoms with Crippen molar-refractivity contribution in [1.82, 2.24) is 16.2 Å². The first kappa shape index (κ1) is 17.4. The molecule has 0 bridgehead atoms. The van der Waals surface area contributed by atoms with Gasteiger partial charge in [0.1, 0.15) is 17.6 Å². The summed E-state index contributed by atoms with van der Waals surface area (Å²) in [5, 5.41) is 2.77. The summed E-state index contributed by atoms with van der Waals surface area (Å²) in [4.78, 5) is 28.1. The number of para-hydroxylation sites is 1. The van der Waals surface area contributed by atoms with Crippen molar-refractivity contribution in [2.75, 3.05) is 7.11 Å². The molecule has 8 nitrogen and oxygen atoms in total. The number of rotatable bonds is 5. The first-order valence-corrected chi connectivity index (χ1v) is 8.53. The molecule has 2 aliphatic rings. The van der Waals surface area contributed by atoms with E-state index in [1.807, 2.05) is 6.07 Å². The van der Waals surface area contributed by atoms with Crippen LogP contribution in [0.3, 0.4) is 0 Å². The van der Waals surface area contributed by atoms with E-state index in [2.05, 4.69) is 37.1 Å². The van der Waals surface area contributed by atoms with Crippen LogP contribution in [0.2, 0.25) is 0 Å². The Kier molecular flexibility index (Phi) is 5.05. The number of nitrogens with one attached hydrogen (secondary N) is 3. The van der Waals surface area contributed by atoms with Crippen LogP contribution in [-0.2, 0) is 9.59 Å². The third-order valence-corrected chi connectivity index (χ3v) is 4.45. The Bertz CT molecular complexity index is 773. The second-order valence-corrected chi connectivity index (χ2v) is 6.61. The van der Waals surface area contributed by atoms with E-state index in [4.69, 9.17) is 10.5 Å². The molecule has 1 heterocycles. The number of nitrogens with two attached hydrogens (primary N) is 1. The number of methoxy groups -OCH3 is 1. The average molecular weight is 408 g/mol. The monoisotopic (exact) mass is 407 g/mol. The summed E-state index contributed by atoms with van der Waals surface area (Å²) >= 11 is 3.40. The van der Waals surface area contributed by atoms with Crippen LogP contribution < -0.4 is 26.6 Å². The molecule has 1 saturated carbocycles. The van der Waals surface area contributed by atoms with Gasteiger partial charge in [-0.3, -0.25) is 9.59 Å². The fourth-order valence-electron chi connectivity index (χ4n) is 2.38. The molecule has 0 radical (unpaired) electrons. The zero-order chi connectivity index (χ0) is 18.0. The van der Waals surface area contributed by atoms with Gasteiger partial charge in [-0.25, -0.2) is 10.4 Å². The van der Waals surface area contributed by atoms with Crippen LogP contribution in [0.4, 0.5) is 5.69 Å². The van der Waals surface area contributed by atoms with Crippen molar-refractivity contribution in [3.63, 3.8) is 0 Å². The molecular weight excluding hydrogens is 390 g/mol. The number of hydrogen-bond acceptors (Lipinski definition) is 6. The molecular formula is C16H18BrN5O3. The molecule has 0 saturated heterocycles. The van der Waals surface area contributed by atoms with E-state index in [0.717, 1.165) is 17.3 Å². The minimum Gasteiger partial charge on any atom is -0.493 e. The Hall–Kier alpha value is -2.39. The summed E-state index contributed by atoms with van der Waals surface area (Å²) < 4.78 is 6.08. The normalized spacial score (nSPS) is 21.3. The minimum absolute atomic E-state index is 0.0575. The quantitative estimate of drug-likeness (QED) is 0.577. The zero-order valence-corrected chi connectivity index (χ0v) is 15.1. The lowest BCUT2D eigenvalue weighted by Crippen LogP contribution is -2.57. The van der Waals surface area contributed by atoms with Crippen molar-refractivity contribution in [2.45, 2.75) is 18.9 Å². The van der Waals surface area contributed by atoms with Crippen LogP contribution in [0, 0.1) is 5.92 Å². The average Bonchev–Trinajstić information content (AvgIpc) is 3.40. The van der Waals surface area contributed by atoms with E-state index >= 15 is 0 Å². The van der Waals surface area contributed by atoms with E-state index in [0.29, 0.717) is 23.0 Å². The maximum absolute atomic E-state index is 11.9. The Morgan fingerprint density at radius 1 is 1.40 bits per heavy atom. The van der Waals surface area contributed by atoms with Gasteiger partial charge in [-0.15, -0.1) is 0 Å². The molecule has 132 valence electrons. The highest BCUT2D eigenvalue weighted by atomic mass is 79.9. The number of hydrazine groups is 1. The lowest BCUT2D eigenvalue weighted by atomic mass is 10.1. The van der Waals surface area contributed by atoms with Gasteiger partial charge < -0.3 is 21.2 Å². The van der Waals surface area contributed by atoms with Crippen LogP contribution in [0.1, 0.15) is 12.8 Å². The molecule has 2 amide bonds. The number of aliphatic imine (C=N–C) groups is 1. The third kappa shape index (κ3) is 3.99. The highest BCUT2D eigenvalue weighted by molar-refractivity contribution is 9.10. The van der Waals surface area contributed by atoms with Crippen LogP contribution in [-0.4, -0.2) is 30.7 Å². The summed E-state index contributed by atoms with van der Waals surface area (Å²) in [5.41, 5.74) is 11.9. The van der Waals surface area contributed by atoms with E-state index in [9.17, 15) is 9.59 Å². The van der Waals surface area contributed by atoms with E-state index in [1.165, 1.54) is 7.11 Å². The molecule has 3 rings (SSSR count). The molecule has 1 unspecified atom stereocenters. The van der Waals surface area contributed by atoms with Crippen molar-refractivity contribution in [2.24, 2.45) is 16.6 Å². The predicted octanol–water partition coefficient (Wildman–Crippen LogP) is 0.859. The Morgan fingerprint density at radius 2 is 2.16 bits per heavy atom. The smallest absolute Gasteiger partial charge is 0.242 e. The molecule has 25 heavy (non-hydrogen) atoms. The van der Waals surface area contributed by atoms with Crippen molar-refractivity contribution in [3.8, 4) is 5.75 Å². The molecule has 0 aromatic heterocycles. The molecule has 1 aromatic carbocycles. The highest BCUT2D eigenvalue weighted by Crippen LogP contribution is 2.35. The van der Waals surface area contributed by atoms with Gasteiger partial charge in [0.25, 0.3) is 0 Å². The standard InChI is InChI=1S/C16H18BrN5O3/c1-25-14-9(17)3-2-4-10(14)19-11-7-12(20-16(24)8-5-6-8)21-22-13(11)15(18)23/h2-4,7-8,13,21-22H,5-6H2,1H3,(H2,18,23)(H,20,24). The van der Waals surface area contributed by atoms with Crippen molar-refractivity contribution < 1.29 is 14.3 Å². The Labute approximate surface area is 153 Å². The predicted molar refractivity (Wildman–Crippen MR) is 96.0 cm³/mol. The van der Waals surface area contributed by atoms with Crippen molar-refractivity contribution in [3.05, 3.63) is 34.6 Å². The molecule has 0 spiro atoms. The molecule has 1 aliphatic heterocycles. The number of carbonyl (C=O) groups is 2. The summed E-state index contributed by atoms with van der Waals surface area (Å²) in [6, 6.07) is 4.54. The van der Waals surface area contributed by atoms with Gasteiger partial charge in [0.05, 0.1) is 17.3 Å². The molecule has 1 atom stereocenters. The summed E-state index contributed by atoms with van der Waals surface area (Å²) in [6.07, 6.45) is 3.38. The van der Waals surface area contributed by atoms with Gasteiger partial charge in [0.2, 0.25) is 11.8 Å². The maximum Gasteiger partial charge on any atom is 0.242 e. The number of hydrogen-bond donors (Lipinski definition) is 4. The van der Waals surface area contributed by atoms with E-state index in [-0.39, 0.29) is 11.8 Å². The second-order valence-electron chi connectivity index (χ2n) is 5.76. The van der Waals surface area contributed by atoms with E-state index < -0.39 is 11.9 Å². The first-order valence-electron chi connectivity index (χ1n) is 7.74. The fraction of sp³-hybridized carbons (Fsp3) is 0.312. The maximum atomic E-state index is 11.9. The minimum atomic E-state index is -0.842. The largest absolute Gasteiger partial charge is 0.493 e. The van der Waals surface area contributed by atoms with Gasteiger partial charge in [0, 0.05) is 12.0 Å².